The van der Waals surface area contributed by atoms with E-state index in [-0.39, 0.29) is 17.2 Å². The minimum Gasteiger partial charge on any atom is -0.496 e. The van der Waals surface area contributed by atoms with E-state index >= 15 is 0 Å². The van der Waals surface area contributed by atoms with Gasteiger partial charge in [0.2, 0.25) is 5.70 Å². The fourth-order valence-corrected chi connectivity index (χ4v) is 4.21. The van der Waals surface area contributed by atoms with Crippen molar-refractivity contribution in [3.63, 3.8) is 0 Å². The van der Waals surface area contributed by atoms with Gasteiger partial charge in [0.15, 0.2) is 0 Å². The molecule has 1 rings (SSSR count). The number of likely N-dealkylation sites (N-methyl/N-ethyl adjacent to an activating group) is 1. The zero-order chi connectivity index (χ0) is 23.8. The third-order valence-corrected chi connectivity index (χ3v) is 6.21. The Morgan fingerprint density at radius 3 is 2.19 bits per heavy atom. The average molecular weight is 450 g/mol. The van der Waals surface area contributed by atoms with Crippen LogP contribution in [0, 0.1) is 10.1 Å². The van der Waals surface area contributed by atoms with E-state index in [9.17, 15) is 15.2 Å². The molecule has 0 spiro atoms. The highest BCUT2D eigenvalue weighted by atomic mass is 16.6. The first-order valence-corrected chi connectivity index (χ1v) is 12.3. The van der Waals surface area contributed by atoms with Crippen LogP contribution in [0.25, 0.3) is 6.08 Å². The number of ether oxygens (including phenoxy) is 1. The summed E-state index contributed by atoms with van der Waals surface area (Å²) in [6.45, 7) is 6.28. The number of rotatable bonds is 18. The Morgan fingerprint density at radius 1 is 1.06 bits per heavy atom. The molecule has 32 heavy (non-hydrogen) atoms. The number of methoxy groups -OCH3 is 1. The van der Waals surface area contributed by atoms with Crippen LogP contribution in [0.3, 0.4) is 0 Å². The predicted octanol–water partition coefficient (Wildman–Crippen LogP) is 6.19. The van der Waals surface area contributed by atoms with Crippen LogP contribution >= 0.6 is 0 Å². The molecule has 6 heteroatoms. The molecule has 0 saturated heterocycles. The van der Waals surface area contributed by atoms with Crippen LogP contribution in [0.1, 0.15) is 89.2 Å². The second-order valence-electron chi connectivity index (χ2n) is 9.24. The van der Waals surface area contributed by atoms with Crippen molar-refractivity contribution in [2.75, 3.05) is 33.9 Å². The Labute approximate surface area is 195 Å². The number of aliphatic hydroxyl groups excluding tert-OH is 1. The van der Waals surface area contributed by atoms with E-state index < -0.39 is 0 Å². The lowest BCUT2D eigenvalue weighted by Crippen LogP contribution is -2.46. The van der Waals surface area contributed by atoms with Gasteiger partial charge in [0.1, 0.15) is 18.8 Å². The SMILES string of the molecule is CCCCCCCCCCCC[N+](C)(CCO)Cc1cc(/C=C(/C)[N+](=O)[O-])ccc1OC. The van der Waals surface area contributed by atoms with Gasteiger partial charge in [-0.3, -0.25) is 10.1 Å². The lowest BCUT2D eigenvalue weighted by atomic mass is 10.0. The normalized spacial score (nSPS) is 13.7. The van der Waals surface area contributed by atoms with E-state index in [1.807, 2.05) is 18.2 Å². The summed E-state index contributed by atoms with van der Waals surface area (Å²) in [4.78, 5) is 10.6. The van der Waals surface area contributed by atoms with Gasteiger partial charge in [-0.15, -0.1) is 0 Å². The molecule has 0 aliphatic rings. The molecule has 0 radical (unpaired) electrons. The summed E-state index contributed by atoms with van der Waals surface area (Å²) in [5.41, 5.74) is 1.92. The van der Waals surface area contributed by atoms with Gasteiger partial charge < -0.3 is 14.3 Å². The highest BCUT2D eigenvalue weighted by molar-refractivity contribution is 5.54. The first-order valence-electron chi connectivity index (χ1n) is 12.3. The Morgan fingerprint density at radius 2 is 1.66 bits per heavy atom. The van der Waals surface area contributed by atoms with Crippen LogP contribution in [0.4, 0.5) is 0 Å². The van der Waals surface area contributed by atoms with Crippen molar-refractivity contribution < 1.29 is 19.2 Å². The lowest BCUT2D eigenvalue weighted by Gasteiger charge is -2.34. The molecule has 0 aliphatic carbocycles. The van der Waals surface area contributed by atoms with Crippen molar-refractivity contribution in [1.82, 2.24) is 0 Å². The number of hydrogen-bond acceptors (Lipinski definition) is 4. The minimum atomic E-state index is -0.374. The number of allylic oxidation sites excluding steroid dienone is 1. The molecule has 1 aromatic rings. The maximum Gasteiger partial charge on any atom is 0.243 e. The van der Waals surface area contributed by atoms with E-state index in [2.05, 4.69) is 14.0 Å². The van der Waals surface area contributed by atoms with Crippen LogP contribution in [0.5, 0.6) is 5.75 Å². The molecule has 1 aromatic carbocycles. The standard InChI is InChI=1S/C26H45N2O4/c1-5-6-7-8-9-10-11-12-13-14-17-28(3,18-19-29)22-25-21-24(15-16-26(25)32-4)20-23(2)27(30)31/h15-16,20-21,29H,5-14,17-19,22H2,1-4H3/q+1/b23-20-. The van der Waals surface area contributed by atoms with Gasteiger partial charge in [0, 0.05) is 18.6 Å². The number of quaternary nitrogens is 1. The highest BCUT2D eigenvalue weighted by Crippen LogP contribution is 2.26. The number of nitro groups is 1. The molecule has 0 bridgehead atoms. The Bertz CT molecular complexity index is 705. The summed E-state index contributed by atoms with van der Waals surface area (Å²) in [6.07, 6.45) is 14.6. The third kappa shape index (κ3) is 11.1. The van der Waals surface area contributed by atoms with Gasteiger partial charge in [-0.05, 0) is 30.5 Å². The van der Waals surface area contributed by atoms with Gasteiger partial charge in [-0.2, -0.15) is 0 Å². The first kappa shape index (κ1) is 28.1. The van der Waals surface area contributed by atoms with E-state index in [0.29, 0.717) is 6.54 Å². The lowest BCUT2D eigenvalue weighted by molar-refractivity contribution is -0.923. The molecule has 182 valence electrons. The molecule has 1 atom stereocenters. The molecule has 1 N–H and O–H groups in total. The Balaban J connectivity index is 2.64. The molecular formula is C26H45N2O4+. The Kier molecular flexibility index (Phi) is 13.9. The average Bonchev–Trinajstić information content (AvgIpc) is 2.75. The third-order valence-electron chi connectivity index (χ3n) is 6.21. The predicted molar refractivity (Wildman–Crippen MR) is 132 cm³/mol. The topological polar surface area (TPSA) is 72.6 Å². The van der Waals surface area contributed by atoms with Gasteiger partial charge >= 0.3 is 0 Å². The summed E-state index contributed by atoms with van der Waals surface area (Å²) in [5, 5.41) is 20.6. The molecule has 0 fully saturated rings. The quantitative estimate of drug-likeness (QED) is 0.125. The maximum absolute atomic E-state index is 11.0. The van der Waals surface area contributed by atoms with Crippen molar-refractivity contribution in [2.24, 2.45) is 0 Å². The number of aliphatic hydroxyl groups is 1. The Hall–Kier alpha value is -1.92. The smallest absolute Gasteiger partial charge is 0.243 e. The second-order valence-corrected chi connectivity index (χ2v) is 9.24. The molecule has 0 heterocycles. The van der Waals surface area contributed by atoms with Gasteiger partial charge in [-0.1, -0.05) is 64.4 Å². The van der Waals surface area contributed by atoms with Crippen LogP contribution in [0.15, 0.2) is 23.9 Å². The largest absolute Gasteiger partial charge is 0.496 e. The van der Waals surface area contributed by atoms with E-state index in [1.165, 1.54) is 64.7 Å². The second kappa shape index (κ2) is 15.8. The first-order chi connectivity index (χ1) is 15.3. The summed E-state index contributed by atoms with van der Waals surface area (Å²) >= 11 is 0. The van der Waals surface area contributed by atoms with Crippen LogP contribution in [-0.4, -0.2) is 48.4 Å². The van der Waals surface area contributed by atoms with Crippen LogP contribution in [-0.2, 0) is 6.54 Å². The fourth-order valence-electron chi connectivity index (χ4n) is 4.21. The van der Waals surface area contributed by atoms with Crippen molar-refractivity contribution in [3.05, 3.63) is 45.1 Å². The summed E-state index contributed by atoms with van der Waals surface area (Å²) in [5.74, 6) is 0.784. The molecule has 6 nitrogen and oxygen atoms in total. The van der Waals surface area contributed by atoms with E-state index in [1.54, 1.807) is 13.2 Å². The zero-order valence-electron chi connectivity index (χ0n) is 20.8. The molecule has 1 unspecified atom stereocenters. The van der Waals surface area contributed by atoms with Gasteiger partial charge in [0.05, 0.1) is 32.2 Å². The molecule has 0 saturated carbocycles. The van der Waals surface area contributed by atoms with E-state index in [4.69, 9.17) is 4.74 Å². The molecule has 0 aromatic heterocycles. The minimum absolute atomic E-state index is 0.110. The monoisotopic (exact) mass is 449 g/mol. The summed E-state index contributed by atoms with van der Waals surface area (Å²) in [6, 6.07) is 5.68. The number of hydrogen-bond donors (Lipinski definition) is 1. The van der Waals surface area contributed by atoms with Gasteiger partial charge in [-0.25, -0.2) is 0 Å². The van der Waals surface area contributed by atoms with Gasteiger partial charge in [0.25, 0.3) is 0 Å². The molecule has 0 aliphatic heterocycles. The number of nitrogens with zero attached hydrogens (tertiary/aromatic N) is 2. The zero-order valence-corrected chi connectivity index (χ0v) is 20.8. The van der Waals surface area contributed by atoms with Crippen molar-refractivity contribution in [3.8, 4) is 5.75 Å². The van der Waals surface area contributed by atoms with Crippen LogP contribution < -0.4 is 4.74 Å². The summed E-state index contributed by atoms with van der Waals surface area (Å²) in [7, 11) is 3.82. The number of unbranched alkanes of at least 4 members (excludes halogenated alkanes) is 9. The number of benzene rings is 1. The molecule has 0 amide bonds. The molecular weight excluding hydrogens is 404 g/mol. The van der Waals surface area contributed by atoms with Crippen LogP contribution in [0.2, 0.25) is 0 Å². The van der Waals surface area contributed by atoms with Crippen molar-refractivity contribution in [2.45, 2.75) is 84.6 Å². The van der Waals surface area contributed by atoms with E-state index in [0.717, 1.165) is 40.9 Å². The fraction of sp³-hybridized carbons (Fsp3) is 0.692. The van der Waals surface area contributed by atoms with Crippen molar-refractivity contribution in [1.29, 1.82) is 0 Å². The maximum atomic E-state index is 11.0. The highest BCUT2D eigenvalue weighted by Gasteiger charge is 2.23. The van der Waals surface area contributed by atoms with Crippen molar-refractivity contribution >= 4 is 6.08 Å². The summed E-state index contributed by atoms with van der Waals surface area (Å²) < 4.78 is 6.28.